The van der Waals surface area contributed by atoms with Crippen LogP contribution in [0.15, 0.2) is 55.0 Å². The van der Waals surface area contributed by atoms with E-state index in [0.717, 1.165) is 45.2 Å². The van der Waals surface area contributed by atoms with Gasteiger partial charge in [-0.1, -0.05) is 0 Å². The molecule has 7 heteroatoms. The van der Waals surface area contributed by atoms with E-state index in [4.69, 9.17) is 9.47 Å². The number of hydrogen-bond acceptors (Lipinski definition) is 6. The van der Waals surface area contributed by atoms with Gasteiger partial charge in [0.2, 0.25) is 0 Å². The highest BCUT2D eigenvalue weighted by Gasteiger charge is 2.06. The molecule has 4 rings (SSSR count). The summed E-state index contributed by atoms with van der Waals surface area (Å²) in [5.74, 6) is 1.43. The number of anilines is 2. The summed E-state index contributed by atoms with van der Waals surface area (Å²) in [5, 5.41) is 10.1. The highest BCUT2D eigenvalue weighted by atomic mass is 16.5. The van der Waals surface area contributed by atoms with Gasteiger partial charge in [0.15, 0.2) is 0 Å². The molecule has 2 heterocycles. The van der Waals surface area contributed by atoms with Crippen LogP contribution in [0, 0.1) is 0 Å². The number of ether oxygens (including phenoxy) is 2. The molecule has 26 heavy (non-hydrogen) atoms. The number of H-pyrrole nitrogens is 1. The van der Waals surface area contributed by atoms with E-state index in [2.05, 4.69) is 25.5 Å². The third-order valence-corrected chi connectivity index (χ3v) is 3.98. The fourth-order valence-electron chi connectivity index (χ4n) is 2.67. The van der Waals surface area contributed by atoms with Gasteiger partial charge in [-0.25, -0.2) is 4.98 Å². The summed E-state index contributed by atoms with van der Waals surface area (Å²) < 4.78 is 10.6. The van der Waals surface area contributed by atoms with Gasteiger partial charge >= 0.3 is 0 Å². The van der Waals surface area contributed by atoms with Crippen LogP contribution >= 0.6 is 0 Å². The molecule has 0 unspecified atom stereocenters. The lowest BCUT2D eigenvalue weighted by Crippen LogP contribution is -1.95. The highest BCUT2D eigenvalue weighted by Crippen LogP contribution is 2.29. The Bertz CT molecular complexity index is 1020. The molecule has 7 nitrogen and oxygen atoms in total. The zero-order valence-corrected chi connectivity index (χ0v) is 14.4. The molecule has 0 spiro atoms. The standard InChI is InChI=1S/C19H17N5O2/c1-25-15-5-14(6-16(8-15)26-2)23-13-3-4-17-18(7-13)24-19(11-20-17)12-9-21-22-10-12/h3-11,23H,1-2H3,(H,21,22). The first kappa shape index (κ1) is 15.9. The molecule has 2 N–H and O–H groups in total. The molecule has 2 aromatic carbocycles. The van der Waals surface area contributed by atoms with E-state index in [0.29, 0.717) is 0 Å². The molecule has 0 saturated carbocycles. The van der Waals surface area contributed by atoms with E-state index in [-0.39, 0.29) is 0 Å². The van der Waals surface area contributed by atoms with E-state index in [1.165, 1.54) is 0 Å². The molecule has 0 saturated heterocycles. The van der Waals surface area contributed by atoms with Crippen molar-refractivity contribution in [2.45, 2.75) is 0 Å². The first-order chi connectivity index (χ1) is 12.7. The topological polar surface area (TPSA) is 85.0 Å². The first-order valence-electron chi connectivity index (χ1n) is 8.01. The molecule has 0 radical (unpaired) electrons. The number of aromatic amines is 1. The van der Waals surface area contributed by atoms with Gasteiger partial charge in [-0.2, -0.15) is 5.10 Å². The van der Waals surface area contributed by atoms with Crippen molar-refractivity contribution in [3.05, 3.63) is 55.0 Å². The fourth-order valence-corrected chi connectivity index (χ4v) is 2.67. The van der Waals surface area contributed by atoms with Crippen LogP contribution in [0.2, 0.25) is 0 Å². The van der Waals surface area contributed by atoms with Crippen LogP contribution in [-0.2, 0) is 0 Å². The van der Waals surface area contributed by atoms with Crippen molar-refractivity contribution in [2.24, 2.45) is 0 Å². The van der Waals surface area contributed by atoms with Crippen molar-refractivity contribution in [3.8, 4) is 22.8 Å². The Morgan fingerprint density at radius 3 is 2.38 bits per heavy atom. The molecule has 0 aliphatic rings. The minimum absolute atomic E-state index is 0.717. The van der Waals surface area contributed by atoms with Crippen LogP contribution in [0.1, 0.15) is 0 Å². The van der Waals surface area contributed by atoms with E-state index in [1.54, 1.807) is 32.8 Å². The van der Waals surface area contributed by atoms with Gasteiger partial charge in [0.1, 0.15) is 11.5 Å². The van der Waals surface area contributed by atoms with Crippen LogP contribution in [0.4, 0.5) is 11.4 Å². The number of methoxy groups -OCH3 is 2. The summed E-state index contributed by atoms with van der Waals surface area (Å²) >= 11 is 0. The summed E-state index contributed by atoms with van der Waals surface area (Å²) in [5.41, 5.74) is 5.04. The van der Waals surface area contributed by atoms with Crippen molar-refractivity contribution >= 4 is 22.4 Å². The molecule has 0 amide bonds. The van der Waals surface area contributed by atoms with Gasteiger partial charge in [-0.3, -0.25) is 10.1 Å². The van der Waals surface area contributed by atoms with Crippen LogP contribution in [-0.4, -0.2) is 34.4 Å². The Hall–Kier alpha value is -3.61. The quantitative estimate of drug-likeness (QED) is 0.571. The van der Waals surface area contributed by atoms with Crippen molar-refractivity contribution in [3.63, 3.8) is 0 Å². The largest absolute Gasteiger partial charge is 0.497 e. The van der Waals surface area contributed by atoms with Crippen LogP contribution in [0.5, 0.6) is 11.5 Å². The zero-order chi connectivity index (χ0) is 17.9. The Balaban J connectivity index is 1.69. The summed E-state index contributed by atoms with van der Waals surface area (Å²) in [6, 6.07) is 11.5. The molecule has 0 bridgehead atoms. The number of rotatable bonds is 5. The van der Waals surface area contributed by atoms with E-state index < -0.39 is 0 Å². The second-order valence-electron chi connectivity index (χ2n) is 5.67. The lowest BCUT2D eigenvalue weighted by atomic mass is 10.2. The maximum Gasteiger partial charge on any atom is 0.124 e. The minimum Gasteiger partial charge on any atom is -0.497 e. The number of nitrogens with zero attached hydrogens (tertiary/aromatic N) is 3. The van der Waals surface area contributed by atoms with Gasteiger partial charge in [0.05, 0.1) is 43.3 Å². The molecule has 0 atom stereocenters. The Kier molecular flexibility index (Phi) is 4.10. The van der Waals surface area contributed by atoms with Crippen LogP contribution in [0.25, 0.3) is 22.3 Å². The molecule has 0 aliphatic carbocycles. The number of fused-ring (bicyclic) bond motifs is 1. The smallest absolute Gasteiger partial charge is 0.124 e. The molecule has 0 aliphatic heterocycles. The van der Waals surface area contributed by atoms with Gasteiger partial charge < -0.3 is 14.8 Å². The van der Waals surface area contributed by atoms with Gasteiger partial charge in [-0.15, -0.1) is 0 Å². The minimum atomic E-state index is 0.717. The van der Waals surface area contributed by atoms with Crippen molar-refractivity contribution < 1.29 is 9.47 Å². The Morgan fingerprint density at radius 1 is 0.885 bits per heavy atom. The maximum atomic E-state index is 5.31. The molecule has 130 valence electrons. The summed E-state index contributed by atoms with van der Waals surface area (Å²) in [6.07, 6.45) is 5.26. The van der Waals surface area contributed by atoms with E-state index in [9.17, 15) is 0 Å². The normalized spacial score (nSPS) is 10.7. The second-order valence-corrected chi connectivity index (χ2v) is 5.67. The predicted molar refractivity (Wildman–Crippen MR) is 99.9 cm³/mol. The average Bonchev–Trinajstić information content (AvgIpc) is 3.22. The summed E-state index contributed by atoms with van der Waals surface area (Å²) in [4.78, 5) is 9.14. The predicted octanol–water partition coefficient (Wildman–Crippen LogP) is 3.78. The number of aromatic nitrogens is 4. The second kappa shape index (κ2) is 6.72. The van der Waals surface area contributed by atoms with Crippen molar-refractivity contribution in [1.82, 2.24) is 20.2 Å². The number of hydrogen-bond donors (Lipinski definition) is 2. The van der Waals surface area contributed by atoms with E-state index >= 15 is 0 Å². The summed E-state index contributed by atoms with van der Waals surface area (Å²) in [6.45, 7) is 0. The van der Waals surface area contributed by atoms with E-state index in [1.807, 2.05) is 36.4 Å². The van der Waals surface area contributed by atoms with Gasteiger partial charge in [0.25, 0.3) is 0 Å². The molecule has 0 fully saturated rings. The van der Waals surface area contributed by atoms with Gasteiger partial charge in [-0.05, 0) is 18.2 Å². The fraction of sp³-hybridized carbons (Fsp3) is 0.105. The third-order valence-electron chi connectivity index (χ3n) is 3.98. The lowest BCUT2D eigenvalue weighted by molar-refractivity contribution is 0.395. The van der Waals surface area contributed by atoms with Crippen molar-refractivity contribution in [2.75, 3.05) is 19.5 Å². The zero-order valence-electron chi connectivity index (χ0n) is 14.4. The average molecular weight is 347 g/mol. The molecular formula is C19H17N5O2. The number of nitrogens with one attached hydrogen (secondary N) is 2. The first-order valence-corrected chi connectivity index (χ1v) is 8.01. The van der Waals surface area contributed by atoms with Gasteiger partial charge in [0, 0.05) is 41.3 Å². The molecular weight excluding hydrogens is 330 g/mol. The third kappa shape index (κ3) is 3.14. The summed E-state index contributed by atoms with van der Waals surface area (Å²) in [7, 11) is 3.25. The highest BCUT2D eigenvalue weighted by molar-refractivity contribution is 5.82. The number of benzene rings is 2. The van der Waals surface area contributed by atoms with Crippen LogP contribution < -0.4 is 14.8 Å². The van der Waals surface area contributed by atoms with Crippen LogP contribution in [0.3, 0.4) is 0 Å². The Labute approximate surface area is 150 Å². The maximum absolute atomic E-state index is 5.31. The Morgan fingerprint density at radius 2 is 1.69 bits per heavy atom. The lowest BCUT2D eigenvalue weighted by Gasteiger charge is -2.11. The van der Waals surface area contributed by atoms with Crippen molar-refractivity contribution in [1.29, 1.82) is 0 Å². The SMILES string of the molecule is COc1cc(Nc2ccc3ncc(-c4cn[nH]c4)nc3c2)cc(OC)c1. The molecule has 2 aromatic heterocycles. The molecule has 4 aromatic rings. The monoisotopic (exact) mass is 347 g/mol.